The molecule has 1 aliphatic heterocycles. The number of morpholine rings is 1. The fraction of sp³-hybridized carbons (Fsp3) is 0.545. The summed E-state index contributed by atoms with van der Waals surface area (Å²) in [6.45, 7) is 4.87. The molecule has 1 aromatic heterocycles. The van der Waals surface area contributed by atoms with Crippen LogP contribution in [0.15, 0.2) is 18.3 Å². The normalized spacial score (nSPS) is 17.9. The molecule has 0 unspecified atom stereocenters. The van der Waals surface area contributed by atoms with Gasteiger partial charge in [0.1, 0.15) is 5.15 Å². The van der Waals surface area contributed by atoms with E-state index in [1.54, 1.807) is 6.20 Å². The zero-order valence-corrected chi connectivity index (χ0v) is 9.41. The van der Waals surface area contributed by atoms with Gasteiger partial charge in [0, 0.05) is 25.8 Å². The first-order chi connectivity index (χ1) is 7.34. The second-order valence-electron chi connectivity index (χ2n) is 3.69. The largest absolute Gasteiger partial charge is 0.379 e. The molecule has 4 heteroatoms. The topological polar surface area (TPSA) is 25.4 Å². The fourth-order valence-electron chi connectivity index (χ4n) is 1.71. The molecular formula is C11H15ClN2O. The van der Waals surface area contributed by atoms with Gasteiger partial charge in [-0.15, -0.1) is 0 Å². The van der Waals surface area contributed by atoms with Gasteiger partial charge in [-0.3, -0.25) is 4.90 Å². The molecule has 1 aliphatic rings. The average molecular weight is 227 g/mol. The first-order valence-corrected chi connectivity index (χ1v) is 5.63. The third-order valence-corrected chi connectivity index (χ3v) is 2.82. The van der Waals surface area contributed by atoms with Crippen LogP contribution in [0.1, 0.15) is 5.56 Å². The number of rotatable bonds is 3. The maximum absolute atomic E-state index is 5.82. The summed E-state index contributed by atoms with van der Waals surface area (Å²) >= 11 is 5.82. The van der Waals surface area contributed by atoms with Crippen LogP contribution >= 0.6 is 11.6 Å². The average Bonchev–Trinajstić information content (AvgIpc) is 2.28. The van der Waals surface area contributed by atoms with E-state index in [0.29, 0.717) is 5.15 Å². The summed E-state index contributed by atoms with van der Waals surface area (Å²) in [6, 6.07) is 3.95. The van der Waals surface area contributed by atoms with Crippen LogP contribution in [0.2, 0.25) is 5.15 Å². The van der Waals surface area contributed by atoms with Gasteiger partial charge in [-0.2, -0.15) is 0 Å². The number of ether oxygens (including phenoxy) is 1. The predicted octanol–water partition coefficient (Wildman–Crippen LogP) is 1.61. The highest BCUT2D eigenvalue weighted by atomic mass is 35.5. The third-order valence-electron chi connectivity index (χ3n) is 2.61. The third kappa shape index (κ3) is 3.45. The minimum absolute atomic E-state index is 0.578. The molecule has 82 valence electrons. The quantitative estimate of drug-likeness (QED) is 0.733. The lowest BCUT2D eigenvalue weighted by molar-refractivity contribution is 0.0384. The van der Waals surface area contributed by atoms with E-state index in [9.17, 15) is 0 Å². The van der Waals surface area contributed by atoms with Crippen molar-refractivity contribution in [2.24, 2.45) is 0 Å². The molecule has 0 aromatic carbocycles. The molecule has 0 amide bonds. The van der Waals surface area contributed by atoms with Crippen LogP contribution in [-0.4, -0.2) is 42.7 Å². The van der Waals surface area contributed by atoms with Gasteiger partial charge in [-0.1, -0.05) is 11.6 Å². The van der Waals surface area contributed by atoms with Crippen LogP contribution in [-0.2, 0) is 11.2 Å². The Morgan fingerprint density at radius 1 is 1.40 bits per heavy atom. The fourth-order valence-corrected chi connectivity index (χ4v) is 1.91. The Balaban J connectivity index is 1.81. The predicted molar refractivity (Wildman–Crippen MR) is 60.2 cm³/mol. The molecule has 1 aromatic rings. The van der Waals surface area contributed by atoms with Crippen molar-refractivity contribution in [3.8, 4) is 0 Å². The standard InChI is InChI=1S/C11H15ClN2O/c12-11-9-10(1-3-13-11)2-4-14-5-7-15-8-6-14/h1,3,9H,2,4-8H2. The van der Waals surface area contributed by atoms with Crippen LogP contribution < -0.4 is 0 Å². The second-order valence-corrected chi connectivity index (χ2v) is 4.08. The van der Waals surface area contributed by atoms with Gasteiger partial charge < -0.3 is 4.74 Å². The van der Waals surface area contributed by atoms with Crippen molar-refractivity contribution in [3.05, 3.63) is 29.0 Å². The minimum atomic E-state index is 0.578. The van der Waals surface area contributed by atoms with Crippen molar-refractivity contribution >= 4 is 11.6 Å². The van der Waals surface area contributed by atoms with Crippen molar-refractivity contribution in [3.63, 3.8) is 0 Å². The molecule has 0 saturated carbocycles. The summed E-state index contributed by atoms with van der Waals surface area (Å²) in [5.74, 6) is 0. The lowest BCUT2D eigenvalue weighted by atomic mass is 10.2. The number of hydrogen-bond donors (Lipinski definition) is 0. The number of halogens is 1. The minimum Gasteiger partial charge on any atom is -0.379 e. The molecule has 1 fully saturated rings. The summed E-state index contributed by atoms with van der Waals surface area (Å²) in [6.07, 6.45) is 2.79. The van der Waals surface area contributed by atoms with E-state index in [-0.39, 0.29) is 0 Å². The van der Waals surface area contributed by atoms with Crippen molar-refractivity contribution in [2.45, 2.75) is 6.42 Å². The highest BCUT2D eigenvalue weighted by Crippen LogP contribution is 2.08. The Hall–Kier alpha value is -0.640. The Labute approximate surface area is 95.0 Å². The molecule has 2 rings (SSSR count). The molecule has 0 N–H and O–H groups in total. The van der Waals surface area contributed by atoms with Crippen LogP contribution in [0, 0.1) is 0 Å². The van der Waals surface area contributed by atoms with Gasteiger partial charge in [0.15, 0.2) is 0 Å². The smallest absolute Gasteiger partial charge is 0.129 e. The molecule has 0 spiro atoms. The molecule has 0 atom stereocenters. The van der Waals surface area contributed by atoms with E-state index in [2.05, 4.69) is 9.88 Å². The summed E-state index contributed by atoms with van der Waals surface area (Å²) in [7, 11) is 0. The number of aromatic nitrogens is 1. The maximum Gasteiger partial charge on any atom is 0.129 e. The molecular weight excluding hydrogens is 212 g/mol. The summed E-state index contributed by atoms with van der Waals surface area (Å²) in [4.78, 5) is 6.38. The SMILES string of the molecule is Clc1cc(CCN2CCOCC2)ccn1. The van der Waals surface area contributed by atoms with Crippen LogP contribution in [0.3, 0.4) is 0 Å². The number of nitrogens with zero attached hydrogens (tertiary/aromatic N) is 2. The highest BCUT2D eigenvalue weighted by Gasteiger charge is 2.09. The van der Waals surface area contributed by atoms with Gasteiger partial charge in [0.2, 0.25) is 0 Å². The van der Waals surface area contributed by atoms with E-state index in [0.717, 1.165) is 39.3 Å². The van der Waals surface area contributed by atoms with Crippen molar-refractivity contribution in [1.29, 1.82) is 0 Å². The van der Waals surface area contributed by atoms with Crippen molar-refractivity contribution < 1.29 is 4.74 Å². The summed E-state index contributed by atoms with van der Waals surface area (Å²) < 4.78 is 5.30. The Morgan fingerprint density at radius 2 is 2.20 bits per heavy atom. The summed E-state index contributed by atoms with van der Waals surface area (Å²) in [5.41, 5.74) is 1.25. The lowest BCUT2D eigenvalue weighted by Gasteiger charge is -2.26. The number of hydrogen-bond acceptors (Lipinski definition) is 3. The van der Waals surface area contributed by atoms with E-state index < -0.39 is 0 Å². The van der Waals surface area contributed by atoms with Gasteiger partial charge in [0.25, 0.3) is 0 Å². The second kappa shape index (κ2) is 5.45. The summed E-state index contributed by atoms with van der Waals surface area (Å²) in [5, 5.41) is 0.578. The molecule has 0 aliphatic carbocycles. The van der Waals surface area contributed by atoms with Gasteiger partial charge in [-0.05, 0) is 24.1 Å². The maximum atomic E-state index is 5.82. The molecule has 3 nitrogen and oxygen atoms in total. The molecule has 0 bridgehead atoms. The molecule has 1 saturated heterocycles. The Morgan fingerprint density at radius 3 is 2.93 bits per heavy atom. The van der Waals surface area contributed by atoms with E-state index in [4.69, 9.17) is 16.3 Å². The molecule has 15 heavy (non-hydrogen) atoms. The first kappa shape index (κ1) is 10.9. The van der Waals surface area contributed by atoms with Crippen LogP contribution in [0.5, 0.6) is 0 Å². The zero-order valence-electron chi connectivity index (χ0n) is 8.66. The van der Waals surface area contributed by atoms with Gasteiger partial charge in [0.05, 0.1) is 13.2 Å². The van der Waals surface area contributed by atoms with E-state index in [1.165, 1.54) is 5.56 Å². The van der Waals surface area contributed by atoms with Crippen LogP contribution in [0.25, 0.3) is 0 Å². The number of pyridine rings is 1. The Bertz CT molecular complexity index is 313. The lowest BCUT2D eigenvalue weighted by Crippen LogP contribution is -2.37. The molecule has 0 radical (unpaired) electrons. The first-order valence-electron chi connectivity index (χ1n) is 5.25. The highest BCUT2D eigenvalue weighted by molar-refractivity contribution is 6.29. The van der Waals surface area contributed by atoms with Crippen LogP contribution in [0.4, 0.5) is 0 Å². The monoisotopic (exact) mass is 226 g/mol. The van der Waals surface area contributed by atoms with E-state index >= 15 is 0 Å². The van der Waals surface area contributed by atoms with Crippen molar-refractivity contribution in [2.75, 3.05) is 32.8 Å². The van der Waals surface area contributed by atoms with Gasteiger partial charge in [-0.25, -0.2) is 4.98 Å². The zero-order chi connectivity index (χ0) is 10.5. The van der Waals surface area contributed by atoms with E-state index in [1.807, 2.05) is 12.1 Å². The van der Waals surface area contributed by atoms with Crippen molar-refractivity contribution in [1.82, 2.24) is 9.88 Å². The Kier molecular flexibility index (Phi) is 3.94. The van der Waals surface area contributed by atoms with Gasteiger partial charge >= 0.3 is 0 Å². The molecule has 2 heterocycles.